The van der Waals surface area contributed by atoms with Crippen LogP contribution in [-0.2, 0) is 22.4 Å². The van der Waals surface area contributed by atoms with Crippen LogP contribution in [0.15, 0.2) is 42.5 Å². The van der Waals surface area contributed by atoms with Gasteiger partial charge in [-0.15, -0.1) is 0 Å². The van der Waals surface area contributed by atoms with Crippen LogP contribution in [0.2, 0.25) is 0 Å². The first kappa shape index (κ1) is 15.3. The van der Waals surface area contributed by atoms with Gasteiger partial charge in [-0.3, -0.25) is 9.59 Å². The molecule has 1 N–H and O–H groups in total. The quantitative estimate of drug-likeness (QED) is 0.943. The van der Waals surface area contributed by atoms with Gasteiger partial charge in [0.15, 0.2) is 0 Å². The number of carbonyl (C=O) groups is 2. The number of anilines is 2. The monoisotopic (exact) mass is 308 g/mol. The summed E-state index contributed by atoms with van der Waals surface area (Å²) in [6, 6.07) is 13.6. The van der Waals surface area contributed by atoms with E-state index in [0.717, 1.165) is 28.1 Å². The second-order valence-electron chi connectivity index (χ2n) is 5.87. The van der Waals surface area contributed by atoms with Gasteiger partial charge in [-0.05, 0) is 43.2 Å². The molecule has 3 rings (SSSR count). The van der Waals surface area contributed by atoms with Gasteiger partial charge in [0, 0.05) is 17.9 Å². The van der Waals surface area contributed by atoms with Crippen molar-refractivity contribution in [2.24, 2.45) is 0 Å². The molecule has 2 amide bonds. The van der Waals surface area contributed by atoms with Crippen molar-refractivity contribution in [3.63, 3.8) is 0 Å². The summed E-state index contributed by atoms with van der Waals surface area (Å²) in [4.78, 5) is 25.9. The minimum absolute atomic E-state index is 0.0489. The third-order valence-electron chi connectivity index (χ3n) is 4.06. The zero-order valence-corrected chi connectivity index (χ0v) is 13.4. The van der Waals surface area contributed by atoms with Crippen LogP contribution in [0.25, 0.3) is 0 Å². The van der Waals surface area contributed by atoms with Crippen molar-refractivity contribution in [2.75, 3.05) is 16.8 Å². The van der Waals surface area contributed by atoms with E-state index in [-0.39, 0.29) is 11.8 Å². The third-order valence-corrected chi connectivity index (χ3v) is 4.06. The summed E-state index contributed by atoms with van der Waals surface area (Å²) in [7, 11) is 0. The fraction of sp³-hybridized carbons (Fsp3) is 0.263. The average Bonchev–Trinajstić information content (AvgIpc) is 2.81. The third kappa shape index (κ3) is 3.26. The molecule has 0 aliphatic carbocycles. The Morgan fingerprint density at radius 3 is 2.78 bits per heavy atom. The maximum absolute atomic E-state index is 12.2. The standard InChI is InChI=1S/C19H20N2O2/c1-3-21-17-8-7-16(11-15(17)12-19(21)23)20-18(22)10-14-6-4-5-13(2)9-14/h4-9,11H,3,10,12H2,1-2H3,(H,20,22). The Labute approximate surface area is 136 Å². The number of benzene rings is 2. The summed E-state index contributed by atoms with van der Waals surface area (Å²) < 4.78 is 0. The molecule has 1 heterocycles. The van der Waals surface area contributed by atoms with E-state index < -0.39 is 0 Å². The Bertz CT molecular complexity index is 768. The zero-order chi connectivity index (χ0) is 16.4. The lowest BCUT2D eigenvalue weighted by atomic mass is 10.1. The normalized spacial score (nSPS) is 13.1. The van der Waals surface area contributed by atoms with Crippen LogP contribution in [0.5, 0.6) is 0 Å². The lowest BCUT2D eigenvalue weighted by Crippen LogP contribution is -2.25. The molecule has 0 atom stereocenters. The predicted octanol–water partition coefficient (Wildman–Crippen LogP) is 3.09. The van der Waals surface area contributed by atoms with E-state index in [2.05, 4.69) is 5.32 Å². The molecule has 0 aromatic heterocycles. The van der Waals surface area contributed by atoms with Crippen LogP contribution in [0.3, 0.4) is 0 Å². The van der Waals surface area contributed by atoms with Gasteiger partial charge in [0.05, 0.1) is 12.8 Å². The fourth-order valence-corrected chi connectivity index (χ4v) is 3.02. The van der Waals surface area contributed by atoms with E-state index in [4.69, 9.17) is 0 Å². The highest BCUT2D eigenvalue weighted by Gasteiger charge is 2.25. The molecule has 23 heavy (non-hydrogen) atoms. The maximum Gasteiger partial charge on any atom is 0.231 e. The van der Waals surface area contributed by atoms with Crippen molar-refractivity contribution in [1.29, 1.82) is 0 Å². The SMILES string of the molecule is CCN1C(=O)Cc2cc(NC(=O)Cc3cccc(C)c3)ccc21. The first-order chi connectivity index (χ1) is 11.1. The molecular weight excluding hydrogens is 288 g/mol. The number of amides is 2. The van der Waals surface area contributed by atoms with E-state index in [1.807, 2.05) is 56.3 Å². The molecule has 0 unspecified atom stereocenters. The number of nitrogens with one attached hydrogen (secondary N) is 1. The topological polar surface area (TPSA) is 49.4 Å². The van der Waals surface area contributed by atoms with Crippen LogP contribution >= 0.6 is 0 Å². The minimum Gasteiger partial charge on any atom is -0.326 e. The summed E-state index contributed by atoms with van der Waals surface area (Å²) in [5.41, 5.74) is 4.81. The molecule has 1 aliphatic heterocycles. The second kappa shape index (κ2) is 6.24. The zero-order valence-electron chi connectivity index (χ0n) is 13.4. The van der Waals surface area contributed by atoms with E-state index in [1.165, 1.54) is 0 Å². The number of hydrogen-bond acceptors (Lipinski definition) is 2. The van der Waals surface area contributed by atoms with Crippen molar-refractivity contribution in [3.8, 4) is 0 Å². The Hall–Kier alpha value is -2.62. The first-order valence-corrected chi connectivity index (χ1v) is 7.85. The molecule has 0 bridgehead atoms. The van der Waals surface area contributed by atoms with Crippen molar-refractivity contribution < 1.29 is 9.59 Å². The lowest BCUT2D eigenvalue weighted by molar-refractivity contribution is -0.117. The smallest absolute Gasteiger partial charge is 0.231 e. The molecule has 0 saturated carbocycles. The molecule has 0 fully saturated rings. The van der Waals surface area contributed by atoms with Crippen molar-refractivity contribution in [2.45, 2.75) is 26.7 Å². The number of carbonyl (C=O) groups excluding carboxylic acids is 2. The van der Waals surface area contributed by atoms with Crippen LogP contribution in [0.1, 0.15) is 23.6 Å². The lowest BCUT2D eigenvalue weighted by Gasteiger charge is -2.15. The maximum atomic E-state index is 12.2. The van der Waals surface area contributed by atoms with Gasteiger partial charge in [0.2, 0.25) is 11.8 Å². The minimum atomic E-state index is -0.0489. The van der Waals surface area contributed by atoms with Crippen molar-refractivity contribution in [3.05, 3.63) is 59.2 Å². The van der Waals surface area contributed by atoms with Gasteiger partial charge in [0.25, 0.3) is 0 Å². The van der Waals surface area contributed by atoms with Gasteiger partial charge in [-0.2, -0.15) is 0 Å². The Balaban J connectivity index is 1.71. The van der Waals surface area contributed by atoms with Crippen LogP contribution < -0.4 is 10.2 Å². The Morgan fingerprint density at radius 1 is 1.22 bits per heavy atom. The summed E-state index contributed by atoms with van der Waals surface area (Å²) >= 11 is 0. The number of nitrogens with zero attached hydrogens (tertiary/aromatic N) is 1. The molecule has 0 saturated heterocycles. The van der Waals surface area contributed by atoms with Gasteiger partial charge in [-0.1, -0.05) is 29.8 Å². The van der Waals surface area contributed by atoms with Crippen LogP contribution in [0, 0.1) is 6.92 Å². The molecular formula is C19H20N2O2. The number of aryl methyl sites for hydroxylation is 1. The average molecular weight is 308 g/mol. The van der Waals surface area contributed by atoms with Crippen molar-refractivity contribution in [1.82, 2.24) is 0 Å². The van der Waals surface area contributed by atoms with Crippen LogP contribution in [0.4, 0.5) is 11.4 Å². The van der Waals surface area contributed by atoms with E-state index in [1.54, 1.807) is 4.90 Å². The summed E-state index contributed by atoms with van der Waals surface area (Å²) in [6.45, 7) is 4.65. The number of rotatable bonds is 4. The largest absolute Gasteiger partial charge is 0.326 e. The van der Waals surface area contributed by atoms with E-state index in [0.29, 0.717) is 19.4 Å². The molecule has 118 valence electrons. The Morgan fingerprint density at radius 2 is 2.04 bits per heavy atom. The van der Waals surface area contributed by atoms with Gasteiger partial charge < -0.3 is 10.2 Å². The van der Waals surface area contributed by atoms with Crippen LogP contribution in [-0.4, -0.2) is 18.4 Å². The molecule has 2 aromatic rings. The van der Waals surface area contributed by atoms with E-state index in [9.17, 15) is 9.59 Å². The predicted molar refractivity (Wildman–Crippen MR) is 91.7 cm³/mol. The molecule has 0 spiro atoms. The van der Waals surface area contributed by atoms with Crippen molar-refractivity contribution >= 4 is 23.2 Å². The molecule has 4 nitrogen and oxygen atoms in total. The number of likely N-dealkylation sites (N-methyl/N-ethyl adjacent to an activating group) is 1. The molecule has 1 aliphatic rings. The highest BCUT2D eigenvalue weighted by atomic mass is 16.2. The number of hydrogen-bond donors (Lipinski definition) is 1. The highest BCUT2D eigenvalue weighted by molar-refractivity contribution is 6.02. The first-order valence-electron chi connectivity index (χ1n) is 7.85. The summed E-state index contributed by atoms with van der Waals surface area (Å²) in [6.07, 6.45) is 0.754. The second-order valence-corrected chi connectivity index (χ2v) is 5.87. The molecule has 0 radical (unpaired) electrons. The van der Waals surface area contributed by atoms with Gasteiger partial charge in [0.1, 0.15) is 0 Å². The number of fused-ring (bicyclic) bond motifs is 1. The van der Waals surface area contributed by atoms with E-state index >= 15 is 0 Å². The van der Waals surface area contributed by atoms with Gasteiger partial charge >= 0.3 is 0 Å². The fourth-order valence-electron chi connectivity index (χ4n) is 3.02. The molecule has 2 aromatic carbocycles. The summed E-state index contributed by atoms with van der Waals surface area (Å²) in [5, 5.41) is 2.92. The highest BCUT2D eigenvalue weighted by Crippen LogP contribution is 2.31. The van der Waals surface area contributed by atoms with Gasteiger partial charge in [-0.25, -0.2) is 0 Å². The Kier molecular flexibility index (Phi) is 4.15. The molecule has 4 heteroatoms. The summed E-state index contributed by atoms with van der Waals surface area (Å²) in [5.74, 6) is 0.0676.